The van der Waals surface area contributed by atoms with Crippen LogP contribution in [0.15, 0.2) is 28.6 Å². The third-order valence-electron chi connectivity index (χ3n) is 2.02. The maximum Gasteiger partial charge on any atom is 0.415 e. The zero-order valence-corrected chi connectivity index (χ0v) is 10.1. The minimum absolute atomic E-state index is 0.427. The SMILES string of the molecule is O[C@@H](CSc1nc2ccccc2s1)C(F)(F)F. The van der Waals surface area contributed by atoms with E-state index < -0.39 is 18.0 Å². The lowest BCUT2D eigenvalue weighted by atomic mass is 10.3. The Morgan fingerprint density at radius 3 is 2.71 bits per heavy atom. The number of nitrogens with zero attached hydrogens (tertiary/aromatic N) is 1. The summed E-state index contributed by atoms with van der Waals surface area (Å²) in [6, 6.07) is 7.33. The molecule has 1 heterocycles. The first kappa shape index (κ1) is 12.7. The number of alkyl halides is 3. The molecule has 17 heavy (non-hydrogen) atoms. The first-order chi connectivity index (χ1) is 7.97. The number of aromatic nitrogens is 1. The molecule has 0 aliphatic heterocycles. The lowest BCUT2D eigenvalue weighted by Crippen LogP contribution is -2.30. The van der Waals surface area contributed by atoms with Crippen molar-refractivity contribution < 1.29 is 18.3 Å². The van der Waals surface area contributed by atoms with Gasteiger partial charge in [0, 0.05) is 5.75 Å². The Morgan fingerprint density at radius 1 is 1.35 bits per heavy atom. The minimum atomic E-state index is -4.57. The number of aliphatic hydroxyl groups is 1. The Labute approximate surface area is 103 Å². The smallest absolute Gasteiger partial charge is 0.383 e. The molecule has 1 aromatic carbocycles. The first-order valence-corrected chi connectivity index (χ1v) is 6.50. The summed E-state index contributed by atoms with van der Waals surface area (Å²) in [7, 11) is 0. The van der Waals surface area contributed by atoms with E-state index in [1.807, 2.05) is 18.2 Å². The van der Waals surface area contributed by atoms with Crippen LogP contribution in [0.2, 0.25) is 0 Å². The number of rotatable bonds is 3. The summed E-state index contributed by atoms with van der Waals surface area (Å²) >= 11 is 2.24. The monoisotopic (exact) mass is 279 g/mol. The molecular weight excluding hydrogens is 271 g/mol. The number of hydrogen-bond acceptors (Lipinski definition) is 4. The molecule has 92 valence electrons. The van der Waals surface area contributed by atoms with Crippen molar-refractivity contribution in [3.05, 3.63) is 24.3 Å². The first-order valence-electron chi connectivity index (χ1n) is 4.70. The van der Waals surface area contributed by atoms with Crippen LogP contribution in [0.5, 0.6) is 0 Å². The Bertz CT molecular complexity index is 478. The van der Waals surface area contributed by atoms with E-state index in [4.69, 9.17) is 5.11 Å². The molecule has 0 bridgehead atoms. The van der Waals surface area contributed by atoms with Crippen LogP contribution in [0.1, 0.15) is 0 Å². The van der Waals surface area contributed by atoms with Crippen LogP contribution in [0.3, 0.4) is 0 Å². The van der Waals surface area contributed by atoms with Gasteiger partial charge >= 0.3 is 6.18 Å². The summed E-state index contributed by atoms with van der Waals surface area (Å²) in [5, 5.41) is 8.85. The molecule has 0 saturated heterocycles. The predicted octanol–water partition coefficient (Wildman–Crippen LogP) is 3.31. The highest BCUT2D eigenvalue weighted by molar-refractivity contribution is 8.01. The number of benzene rings is 1. The van der Waals surface area contributed by atoms with Crippen molar-refractivity contribution >= 4 is 33.3 Å². The van der Waals surface area contributed by atoms with Gasteiger partial charge in [0.2, 0.25) is 0 Å². The van der Waals surface area contributed by atoms with E-state index in [1.54, 1.807) is 6.07 Å². The third kappa shape index (κ3) is 3.11. The second-order valence-corrected chi connectivity index (χ2v) is 5.61. The van der Waals surface area contributed by atoms with Gasteiger partial charge in [-0.2, -0.15) is 13.2 Å². The highest BCUT2D eigenvalue weighted by atomic mass is 32.2. The van der Waals surface area contributed by atoms with Crippen molar-refractivity contribution in [1.82, 2.24) is 4.98 Å². The number of thioether (sulfide) groups is 1. The fourth-order valence-electron chi connectivity index (χ4n) is 1.16. The van der Waals surface area contributed by atoms with Crippen LogP contribution in [-0.2, 0) is 0 Å². The van der Waals surface area contributed by atoms with Crippen molar-refractivity contribution in [1.29, 1.82) is 0 Å². The largest absolute Gasteiger partial charge is 0.415 e. The molecular formula is C10H8F3NOS2. The zero-order chi connectivity index (χ0) is 12.5. The summed E-state index contributed by atoms with van der Waals surface area (Å²) in [5.74, 6) is -0.427. The van der Waals surface area contributed by atoms with Gasteiger partial charge in [0.1, 0.15) is 0 Å². The maximum atomic E-state index is 12.1. The molecule has 0 spiro atoms. The quantitative estimate of drug-likeness (QED) is 0.875. The molecule has 0 amide bonds. The second kappa shape index (κ2) is 4.83. The molecule has 1 N–H and O–H groups in total. The van der Waals surface area contributed by atoms with E-state index in [0.29, 0.717) is 4.34 Å². The van der Waals surface area contributed by atoms with Gasteiger partial charge in [-0.15, -0.1) is 11.3 Å². The fraction of sp³-hybridized carbons (Fsp3) is 0.300. The Balaban J connectivity index is 2.04. The Morgan fingerprint density at radius 2 is 2.06 bits per heavy atom. The molecule has 2 nitrogen and oxygen atoms in total. The van der Waals surface area contributed by atoms with Gasteiger partial charge in [-0.25, -0.2) is 4.98 Å². The molecule has 0 aliphatic carbocycles. The third-order valence-corrected chi connectivity index (χ3v) is 4.27. The highest BCUT2D eigenvalue weighted by Gasteiger charge is 2.38. The lowest BCUT2D eigenvalue weighted by molar-refractivity contribution is -0.195. The molecule has 1 aromatic heterocycles. The molecule has 7 heteroatoms. The summed E-state index contributed by atoms with van der Waals surface area (Å²) in [6.07, 6.45) is -6.87. The summed E-state index contributed by atoms with van der Waals surface area (Å²) in [5.41, 5.74) is 0.765. The van der Waals surface area contributed by atoms with Gasteiger partial charge in [0.25, 0.3) is 0 Å². The van der Waals surface area contributed by atoms with Crippen molar-refractivity contribution in [3.63, 3.8) is 0 Å². The molecule has 0 saturated carbocycles. The van der Waals surface area contributed by atoms with Gasteiger partial charge < -0.3 is 5.11 Å². The van der Waals surface area contributed by atoms with Crippen LogP contribution < -0.4 is 0 Å². The second-order valence-electron chi connectivity index (χ2n) is 3.32. The van der Waals surface area contributed by atoms with Gasteiger partial charge in [-0.1, -0.05) is 23.9 Å². The Hall–Kier alpha value is -0.790. The van der Waals surface area contributed by atoms with E-state index in [-0.39, 0.29) is 0 Å². The fourth-order valence-corrected chi connectivity index (χ4v) is 3.22. The molecule has 0 fully saturated rings. The van der Waals surface area contributed by atoms with E-state index in [1.165, 1.54) is 11.3 Å². The van der Waals surface area contributed by atoms with Gasteiger partial charge in [0.05, 0.1) is 10.2 Å². The molecule has 1 atom stereocenters. The Kier molecular flexibility index (Phi) is 3.60. The van der Waals surface area contributed by atoms with Gasteiger partial charge in [-0.3, -0.25) is 0 Å². The van der Waals surface area contributed by atoms with Gasteiger partial charge in [-0.05, 0) is 12.1 Å². The zero-order valence-electron chi connectivity index (χ0n) is 8.44. The number of fused-ring (bicyclic) bond motifs is 1. The predicted molar refractivity (Wildman–Crippen MR) is 62.4 cm³/mol. The standard InChI is InChI=1S/C10H8F3NOS2/c11-10(12,13)8(15)5-16-9-14-6-3-1-2-4-7(6)17-9/h1-4,8,15H,5H2/t8-/m0/s1. The average molecular weight is 279 g/mol. The van der Waals surface area contributed by atoms with Crippen LogP contribution in [0.25, 0.3) is 10.2 Å². The molecule has 0 unspecified atom stereocenters. The maximum absolute atomic E-state index is 12.1. The van der Waals surface area contributed by atoms with E-state index in [9.17, 15) is 13.2 Å². The van der Waals surface area contributed by atoms with Crippen LogP contribution in [0.4, 0.5) is 13.2 Å². The number of aliphatic hydroxyl groups excluding tert-OH is 1. The summed E-state index contributed by atoms with van der Waals surface area (Å²) in [4.78, 5) is 4.17. The van der Waals surface area contributed by atoms with Crippen molar-refractivity contribution in [2.45, 2.75) is 16.6 Å². The lowest BCUT2D eigenvalue weighted by Gasteiger charge is -2.12. The van der Waals surface area contributed by atoms with Crippen LogP contribution >= 0.6 is 23.1 Å². The summed E-state index contributed by atoms with van der Waals surface area (Å²) < 4.78 is 37.7. The van der Waals surface area contributed by atoms with Gasteiger partial charge in [0.15, 0.2) is 10.4 Å². The molecule has 2 aromatic rings. The van der Waals surface area contributed by atoms with Crippen LogP contribution in [0, 0.1) is 0 Å². The summed E-state index contributed by atoms with van der Waals surface area (Å²) in [6.45, 7) is 0. The van der Waals surface area contributed by atoms with E-state index in [0.717, 1.165) is 22.0 Å². The van der Waals surface area contributed by atoms with E-state index >= 15 is 0 Å². The highest BCUT2D eigenvalue weighted by Crippen LogP contribution is 2.32. The molecule has 0 aliphatic rings. The van der Waals surface area contributed by atoms with Crippen molar-refractivity contribution in [2.24, 2.45) is 0 Å². The molecule has 2 rings (SSSR count). The topological polar surface area (TPSA) is 33.1 Å². The minimum Gasteiger partial charge on any atom is -0.383 e. The number of hydrogen-bond donors (Lipinski definition) is 1. The average Bonchev–Trinajstić information content (AvgIpc) is 2.66. The number of para-hydroxylation sites is 1. The van der Waals surface area contributed by atoms with Crippen LogP contribution in [-0.4, -0.2) is 28.1 Å². The van der Waals surface area contributed by atoms with Crippen molar-refractivity contribution in [2.75, 3.05) is 5.75 Å². The van der Waals surface area contributed by atoms with Crippen molar-refractivity contribution in [3.8, 4) is 0 Å². The number of halogens is 3. The molecule has 0 radical (unpaired) electrons. The normalized spacial score (nSPS) is 14.1. The number of thiazole rings is 1. The van der Waals surface area contributed by atoms with E-state index in [2.05, 4.69) is 4.98 Å².